The number of carbonyl (C=O) groups is 2. The molecule has 0 unspecified atom stereocenters. The van der Waals surface area contributed by atoms with Crippen molar-refractivity contribution in [3.05, 3.63) is 46.3 Å². The van der Waals surface area contributed by atoms with Crippen molar-refractivity contribution in [2.45, 2.75) is 25.7 Å². The highest BCUT2D eigenvalue weighted by Gasteiger charge is 2.27. The van der Waals surface area contributed by atoms with Crippen LogP contribution < -0.4 is 26.0 Å². The van der Waals surface area contributed by atoms with Crippen LogP contribution in [0, 0.1) is 0 Å². The lowest BCUT2D eigenvalue weighted by molar-refractivity contribution is -0.119. The highest BCUT2D eigenvalue weighted by atomic mass is 32.1. The lowest BCUT2D eigenvalue weighted by Crippen LogP contribution is -2.42. The highest BCUT2D eigenvalue weighted by molar-refractivity contribution is 7.12. The van der Waals surface area contributed by atoms with Crippen molar-refractivity contribution in [2.24, 2.45) is 5.73 Å². The maximum atomic E-state index is 13.3. The summed E-state index contributed by atoms with van der Waals surface area (Å²) in [6.07, 6.45) is 5.86. The average molecular weight is 547 g/mol. The third-order valence-electron chi connectivity index (χ3n) is 7.18. The number of carbonyl (C=O) groups excluding carboxylic acids is 2. The Bertz CT molecular complexity index is 1540. The molecule has 1 saturated heterocycles. The van der Waals surface area contributed by atoms with Gasteiger partial charge in [0.25, 0.3) is 5.91 Å². The molecule has 0 spiro atoms. The zero-order valence-electron chi connectivity index (χ0n) is 21.6. The van der Waals surface area contributed by atoms with Crippen LogP contribution in [-0.4, -0.2) is 65.0 Å². The number of benzene rings is 1. The molecule has 0 radical (unpaired) electrons. The Morgan fingerprint density at radius 1 is 1.10 bits per heavy atom. The Morgan fingerprint density at radius 2 is 1.95 bits per heavy atom. The van der Waals surface area contributed by atoms with Gasteiger partial charge in [-0.1, -0.05) is 0 Å². The third-order valence-corrected chi connectivity index (χ3v) is 8.11. The SMILES string of the molecule is COc1cc2c(cc1Nc1nc(Nc3ccsc3C(N)=O)c3cc[nH]c3n1)N(C(=O)CN1CCCC1)CCC2. The van der Waals surface area contributed by atoms with Gasteiger partial charge in [0.15, 0.2) is 0 Å². The second-order valence-corrected chi connectivity index (χ2v) is 10.6. The summed E-state index contributed by atoms with van der Waals surface area (Å²) in [6, 6.07) is 7.60. The number of hydrogen-bond acceptors (Lipinski definition) is 9. The minimum Gasteiger partial charge on any atom is -0.495 e. The Labute approximate surface area is 229 Å². The van der Waals surface area contributed by atoms with E-state index in [9.17, 15) is 9.59 Å². The molecule has 2 aliphatic heterocycles. The molecule has 5 heterocycles. The molecule has 202 valence electrons. The number of aryl methyl sites for hydroxylation is 1. The summed E-state index contributed by atoms with van der Waals surface area (Å²) in [4.78, 5) is 42.2. The number of hydrogen-bond donors (Lipinski definition) is 4. The summed E-state index contributed by atoms with van der Waals surface area (Å²) < 4.78 is 5.71. The number of fused-ring (bicyclic) bond motifs is 2. The van der Waals surface area contributed by atoms with Gasteiger partial charge in [0.05, 0.1) is 30.4 Å². The Balaban J connectivity index is 1.33. The van der Waals surface area contributed by atoms with E-state index in [-0.39, 0.29) is 5.91 Å². The van der Waals surface area contributed by atoms with Gasteiger partial charge in [-0.15, -0.1) is 11.3 Å². The van der Waals surface area contributed by atoms with Crippen molar-refractivity contribution in [3.63, 3.8) is 0 Å². The van der Waals surface area contributed by atoms with E-state index in [4.69, 9.17) is 15.5 Å². The number of methoxy groups -OCH3 is 1. The van der Waals surface area contributed by atoms with E-state index in [1.807, 2.05) is 23.1 Å². The number of anilines is 5. The topological polar surface area (TPSA) is 142 Å². The van der Waals surface area contributed by atoms with E-state index in [0.29, 0.717) is 52.5 Å². The molecule has 0 atom stereocenters. The monoisotopic (exact) mass is 546 g/mol. The molecule has 12 heteroatoms. The van der Waals surface area contributed by atoms with Crippen LogP contribution >= 0.6 is 11.3 Å². The first-order valence-corrected chi connectivity index (χ1v) is 13.9. The normalized spacial score (nSPS) is 15.4. The van der Waals surface area contributed by atoms with Gasteiger partial charge < -0.3 is 31.0 Å². The fourth-order valence-electron chi connectivity index (χ4n) is 5.29. The number of rotatable bonds is 8. The second-order valence-electron chi connectivity index (χ2n) is 9.73. The number of ether oxygens (including phenoxy) is 1. The number of nitrogens with zero attached hydrogens (tertiary/aromatic N) is 4. The van der Waals surface area contributed by atoms with Gasteiger partial charge in [-0.2, -0.15) is 9.97 Å². The quantitative estimate of drug-likeness (QED) is 0.260. The number of amides is 2. The van der Waals surface area contributed by atoms with Crippen molar-refractivity contribution in [1.82, 2.24) is 19.9 Å². The van der Waals surface area contributed by atoms with E-state index >= 15 is 0 Å². The van der Waals surface area contributed by atoms with Crippen molar-refractivity contribution in [1.29, 1.82) is 0 Å². The van der Waals surface area contributed by atoms with Crippen molar-refractivity contribution in [2.75, 3.05) is 48.8 Å². The van der Waals surface area contributed by atoms with Crippen LogP contribution in [0.15, 0.2) is 35.8 Å². The number of aromatic nitrogens is 3. The summed E-state index contributed by atoms with van der Waals surface area (Å²) in [5, 5.41) is 9.09. The predicted molar refractivity (Wildman–Crippen MR) is 153 cm³/mol. The molecule has 5 N–H and O–H groups in total. The molecule has 0 bridgehead atoms. The fourth-order valence-corrected chi connectivity index (χ4v) is 5.99. The summed E-state index contributed by atoms with van der Waals surface area (Å²) in [7, 11) is 1.62. The molecular formula is C27H30N8O3S. The first kappa shape index (κ1) is 25.1. The molecule has 39 heavy (non-hydrogen) atoms. The van der Waals surface area contributed by atoms with Crippen molar-refractivity contribution in [3.8, 4) is 5.75 Å². The lowest BCUT2D eigenvalue weighted by atomic mass is 10.00. The van der Waals surface area contributed by atoms with Gasteiger partial charge in [0.2, 0.25) is 11.9 Å². The molecule has 2 aliphatic rings. The predicted octanol–water partition coefficient (Wildman–Crippen LogP) is 3.99. The first-order chi connectivity index (χ1) is 19.0. The van der Waals surface area contributed by atoms with Crippen LogP contribution in [0.3, 0.4) is 0 Å². The number of aromatic amines is 1. The number of H-pyrrole nitrogens is 1. The maximum Gasteiger partial charge on any atom is 0.260 e. The zero-order valence-corrected chi connectivity index (χ0v) is 22.4. The van der Waals surface area contributed by atoms with Crippen molar-refractivity contribution >= 4 is 63.0 Å². The molecule has 6 rings (SSSR count). The van der Waals surface area contributed by atoms with Gasteiger partial charge in [-0.3, -0.25) is 14.5 Å². The van der Waals surface area contributed by atoms with E-state index in [1.165, 1.54) is 11.3 Å². The van der Waals surface area contributed by atoms with E-state index < -0.39 is 5.91 Å². The second kappa shape index (κ2) is 10.5. The van der Waals surface area contributed by atoms with Crippen LogP contribution in [0.5, 0.6) is 5.75 Å². The van der Waals surface area contributed by atoms with E-state index in [1.54, 1.807) is 24.8 Å². The number of nitrogens with one attached hydrogen (secondary N) is 3. The fraction of sp³-hybridized carbons (Fsp3) is 0.333. The minimum atomic E-state index is -0.507. The smallest absolute Gasteiger partial charge is 0.260 e. The minimum absolute atomic E-state index is 0.116. The Kier molecular flexibility index (Phi) is 6.79. The summed E-state index contributed by atoms with van der Waals surface area (Å²) in [5.74, 6) is 1.09. The van der Waals surface area contributed by atoms with Crippen LogP contribution in [0.4, 0.5) is 28.8 Å². The molecule has 4 aromatic rings. The van der Waals surface area contributed by atoms with Crippen molar-refractivity contribution < 1.29 is 14.3 Å². The highest BCUT2D eigenvalue weighted by Crippen LogP contribution is 2.38. The van der Waals surface area contributed by atoms with Gasteiger partial charge >= 0.3 is 0 Å². The molecule has 1 aromatic carbocycles. The Hall–Kier alpha value is -4.16. The van der Waals surface area contributed by atoms with Gasteiger partial charge in [0, 0.05) is 18.4 Å². The van der Waals surface area contributed by atoms with Crippen LogP contribution in [-0.2, 0) is 11.2 Å². The average Bonchev–Trinajstić information content (AvgIpc) is 3.70. The molecule has 11 nitrogen and oxygen atoms in total. The van der Waals surface area contributed by atoms with Gasteiger partial charge in [-0.25, -0.2) is 0 Å². The zero-order chi connectivity index (χ0) is 26.9. The molecular weight excluding hydrogens is 516 g/mol. The number of nitrogens with two attached hydrogens (primary N) is 1. The Morgan fingerprint density at radius 3 is 2.74 bits per heavy atom. The number of primary amides is 1. The van der Waals surface area contributed by atoms with E-state index in [0.717, 1.165) is 55.4 Å². The summed E-state index contributed by atoms with van der Waals surface area (Å²) >= 11 is 1.27. The summed E-state index contributed by atoms with van der Waals surface area (Å²) in [5.41, 5.74) is 9.36. The largest absolute Gasteiger partial charge is 0.495 e. The molecule has 0 aliphatic carbocycles. The molecule has 0 saturated carbocycles. The lowest BCUT2D eigenvalue weighted by Gasteiger charge is -2.32. The van der Waals surface area contributed by atoms with Gasteiger partial charge in [0.1, 0.15) is 22.1 Å². The first-order valence-electron chi connectivity index (χ1n) is 13.0. The third kappa shape index (κ3) is 5.00. The van der Waals surface area contributed by atoms with E-state index in [2.05, 4.69) is 25.5 Å². The number of thiophene rings is 1. The number of likely N-dealkylation sites (tertiary alicyclic amines) is 1. The van der Waals surface area contributed by atoms with Crippen LogP contribution in [0.2, 0.25) is 0 Å². The maximum absolute atomic E-state index is 13.3. The van der Waals surface area contributed by atoms with Crippen LogP contribution in [0.1, 0.15) is 34.5 Å². The molecule has 2 amide bonds. The molecule has 3 aromatic heterocycles. The standard InChI is InChI=1S/C27H30N8O3S/c1-38-21-13-16-5-4-11-35(22(36)15-34-9-2-3-10-34)20(16)14-19(21)31-27-32-25-17(6-8-29-25)26(33-27)30-18-7-12-39-23(18)24(28)37/h6-8,12-14H,2-5,9-11,15H2,1H3,(H2,28,37)(H3,29,30,31,32,33). The van der Waals surface area contributed by atoms with Crippen LogP contribution in [0.25, 0.3) is 11.0 Å². The van der Waals surface area contributed by atoms with Gasteiger partial charge in [-0.05, 0) is 74.0 Å². The summed E-state index contributed by atoms with van der Waals surface area (Å²) in [6.45, 7) is 3.07. The molecule has 1 fully saturated rings.